The van der Waals surface area contributed by atoms with Crippen molar-refractivity contribution < 1.29 is 18.0 Å². The molecule has 3 N–H and O–H groups in total. The fourth-order valence-corrected chi connectivity index (χ4v) is 4.63. The molecule has 9 heteroatoms. The summed E-state index contributed by atoms with van der Waals surface area (Å²) < 4.78 is 25.6. The number of carbonyl (C=O) groups is 2. The van der Waals surface area contributed by atoms with Gasteiger partial charge in [-0.25, -0.2) is 8.42 Å². The second kappa shape index (κ2) is 11.0. The van der Waals surface area contributed by atoms with E-state index in [-0.39, 0.29) is 12.3 Å². The third-order valence-electron chi connectivity index (χ3n) is 7.00. The zero-order valence-corrected chi connectivity index (χ0v) is 22.0. The largest absolute Gasteiger partial charge is 0.385 e. The predicted molar refractivity (Wildman–Crippen MR) is 143 cm³/mol. The average molecular weight is 513 g/mol. The summed E-state index contributed by atoms with van der Waals surface area (Å²) in [5.74, 6) is 0.744. The van der Waals surface area contributed by atoms with Crippen LogP contribution in [0.5, 0.6) is 0 Å². The van der Waals surface area contributed by atoms with Gasteiger partial charge in [0, 0.05) is 30.9 Å². The summed E-state index contributed by atoms with van der Waals surface area (Å²) in [7, 11) is -2.06. The first-order valence-corrected chi connectivity index (χ1v) is 14.4. The molecular weight excluding hydrogens is 476 g/mol. The van der Waals surface area contributed by atoms with E-state index in [1.807, 2.05) is 30.3 Å². The lowest BCUT2D eigenvalue weighted by Gasteiger charge is -2.21. The Kier molecular flexibility index (Phi) is 8.00. The molecule has 0 aliphatic heterocycles. The third-order valence-corrected chi connectivity index (χ3v) is 8.21. The molecule has 0 saturated heterocycles. The molecule has 8 nitrogen and oxygen atoms in total. The van der Waals surface area contributed by atoms with Gasteiger partial charge in [-0.1, -0.05) is 37.3 Å². The van der Waals surface area contributed by atoms with Crippen LogP contribution in [-0.4, -0.2) is 58.6 Å². The molecule has 2 aliphatic rings. The van der Waals surface area contributed by atoms with Gasteiger partial charge in [-0.2, -0.15) is 0 Å². The first-order valence-electron chi connectivity index (χ1n) is 12.5. The lowest BCUT2D eigenvalue weighted by Crippen LogP contribution is -2.46. The molecular formula is C27H36N4O4S. The van der Waals surface area contributed by atoms with Crippen LogP contribution < -0.4 is 20.3 Å². The Labute approximate surface area is 213 Å². The molecule has 1 amide bonds. The van der Waals surface area contributed by atoms with Crippen LogP contribution in [0.2, 0.25) is 0 Å². The molecule has 2 aromatic carbocycles. The molecule has 2 aromatic rings. The van der Waals surface area contributed by atoms with Crippen molar-refractivity contribution in [3.63, 3.8) is 0 Å². The Hall–Kier alpha value is -2.91. The summed E-state index contributed by atoms with van der Waals surface area (Å²) in [6, 6.07) is 14.3. The van der Waals surface area contributed by atoms with E-state index in [4.69, 9.17) is 0 Å². The van der Waals surface area contributed by atoms with Gasteiger partial charge in [0.05, 0.1) is 24.5 Å². The van der Waals surface area contributed by atoms with Crippen molar-refractivity contribution in [1.82, 2.24) is 10.6 Å². The van der Waals surface area contributed by atoms with Crippen molar-refractivity contribution in [1.29, 1.82) is 0 Å². The minimum atomic E-state index is -3.52. The zero-order valence-electron chi connectivity index (χ0n) is 21.2. The molecule has 2 fully saturated rings. The van der Waals surface area contributed by atoms with Gasteiger partial charge in [-0.3, -0.25) is 13.9 Å². The molecule has 2 aliphatic carbocycles. The normalized spacial score (nSPS) is 19.9. The van der Waals surface area contributed by atoms with Gasteiger partial charge in [-0.05, 0) is 61.3 Å². The quantitative estimate of drug-likeness (QED) is 0.381. The summed E-state index contributed by atoms with van der Waals surface area (Å²) in [4.78, 5) is 26.5. The van der Waals surface area contributed by atoms with Crippen molar-refractivity contribution in [2.24, 2.45) is 11.8 Å². The first kappa shape index (κ1) is 26.2. The van der Waals surface area contributed by atoms with Crippen molar-refractivity contribution in [3.8, 4) is 0 Å². The monoisotopic (exact) mass is 512 g/mol. The third kappa shape index (κ3) is 7.30. The van der Waals surface area contributed by atoms with E-state index in [2.05, 4.69) is 22.9 Å². The molecule has 0 radical (unpaired) electrons. The number of ketones is 1. The Morgan fingerprint density at radius 1 is 1.11 bits per heavy atom. The highest BCUT2D eigenvalue weighted by molar-refractivity contribution is 7.92. The van der Waals surface area contributed by atoms with Crippen LogP contribution in [0, 0.1) is 11.8 Å². The SMILES string of the molecule is CC1CC1CNc1cc(C(=O)N[C@@H](Cc2ccccc2)C(=O)CNC2CC2)cc(N(C)S(C)(=O)=O)c1. The highest BCUT2D eigenvalue weighted by atomic mass is 32.2. The number of rotatable bonds is 13. The van der Waals surface area contributed by atoms with Gasteiger partial charge in [0.1, 0.15) is 0 Å². The minimum Gasteiger partial charge on any atom is -0.385 e. The molecule has 0 bridgehead atoms. The Bertz CT molecular complexity index is 1200. The number of nitrogens with one attached hydrogen (secondary N) is 3. The number of carbonyl (C=O) groups excluding carboxylic acids is 2. The number of hydrogen-bond donors (Lipinski definition) is 3. The van der Waals surface area contributed by atoms with Gasteiger partial charge >= 0.3 is 0 Å². The summed E-state index contributed by atoms with van der Waals surface area (Å²) in [5.41, 5.74) is 2.32. The lowest BCUT2D eigenvalue weighted by atomic mass is 10.0. The van der Waals surface area contributed by atoms with Crippen LogP contribution in [0.3, 0.4) is 0 Å². The molecule has 0 heterocycles. The molecule has 4 rings (SSSR count). The molecule has 3 atom stereocenters. The smallest absolute Gasteiger partial charge is 0.252 e. The highest BCUT2D eigenvalue weighted by Crippen LogP contribution is 2.37. The minimum absolute atomic E-state index is 0.0791. The van der Waals surface area contributed by atoms with E-state index in [1.165, 1.54) is 7.05 Å². The molecule has 36 heavy (non-hydrogen) atoms. The standard InChI is InChI=1S/C27H36N4O4S/c1-18-11-21(18)16-28-23-13-20(14-24(15-23)31(2)36(3,34)35)27(33)30-25(12-19-7-5-4-6-8-19)26(32)17-29-22-9-10-22/h4-8,13-15,18,21-22,25,28-29H,9-12,16-17H2,1-3H3,(H,30,33)/t18?,21?,25-/m0/s1. The fourth-order valence-electron chi connectivity index (χ4n) is 4.14. The number of hydrogen-bond acceptors (Lipinski definition) is 6. The maximum Gasteiger partial charge on any atom is 0.252 e. The maximum atomic E-state index is 13.4. The number of nitrogens with zero attached hydrogens (tertiary/aromatic N) is 1. The summed E-state index contributed by atoms with van der Waals surface area (Å²) in [6.07, 6.45) is 4.80. The van der Waals surface area contributed by atoms with E-state index in [9.17, 15) is 18.0 Å². The Morgan fingerprint density at radius 2 is 1.81 bits per heavy atom. The number of sulfonamides is 1. The van der Waals surface area contributed by atoms with Crippen LogP contribution in [0.1, 0.15) is 42.1 Å². The number of amides is 1. The Morgan fingerprint density at radius 3 is 2.42 bits per heavy atom. The number of Topliss-reactive ketones (excluding diaryl/α,β-unsaturated/α-hetero) is 1. The fraction of sp³-hybridized carbons (Fsp3) is 0.481. The van der Waals surface area contributed by atoms with Crippen molar-refractivity contribution in [2.45, 2.75) is 44.7 Å². The highest BCUT2D eigenvalue weighted by Gasteiger charge is 2.32. The van der Waals surface area contributed by atoms with Crippen molar-refractivity contribution in [3.05, 3.63) is 59.7 Å². The van der Waals surface area contributed by atoms with Gasteiger partial charge in [0.25, 0.3) is 5.91 Å². The second-order valence-corrected chi connectivity index (χ2v) is 12.2. The predicted octanol–water partition coefficient (Wildman–Crippen LogP) is 2.81. The van der Waals surface area contributed by atoms with Gasteiger partial charge < -0.3 is 16.0 Å². The molecule has 2 unspecified atom stereocenters. The van der Waals surface area contributed by atoms with E-state index >= 15 is 0 Å². The average Bonchev–Trinajstić information content (AvgIpc) is 3.78. The summed E-state index contributed by atoms with van der Waals surface area (Å²) in [5, 5.41) is 9.51. The van der Waals surface area contributed by atoms with E-state index in [1.54, 1.807) is 18.2 Å². The molecule has 194 valence electrons. The number of anilines is 2. The molecule has 0 aromatic heterocycles. The van der Waals surface area contributed by atoms with Crippen LogP contribution >= 0.6 is 0 Å². The summed E-state index contributed by atoms with van der Waals surface area (Å²) >= 11 is 0. The second-order valence-electron chi connectivity index (χ2n) is 10.2. The molecule has 2 saturated carbocycles. The van der Waals surface area contributed by atoms with Crippen LogP contribution in [-0.2, 0) is 21.2 Å². The zero-order chi connectivity index (χ0) is 25.9. The van der Waals surface area contributed by atoms with E-state index in [0.29, 0.717) is 41.2 Å². The van der Waals surface area contributed by atoms with E-state index < -0.39 is 22.0 Å². The number of benzene rings is 2. The van der Waals surface area contributed by atoms with E-state index in [0.717, 1.165) is 41.9 Å². The van der Waals surface area contributed by atoms with Gasteiger partial charge in [0.2, 0.25) is 10.0 Å². The summed E-state index contributed by atoms with van der Waals surface area (Å²) in [6.45, 7) is 3.16. The van der Waals surface area contributed by atoms with Crippen molar-refractivity contribution in [2.75, 3.05) is 36.0 Å². The van der Waals surface area contributed by atoms with Crippen LogP contribution in [0.15, 0.2) is 48.5 Å². The van der Waals surface area contributed by atoms with Gasteiger partial charge in [0.15, 0.2) is 5.78 Å². The first-order chi connectivity index (χ1) is 17.1. The lowest BCUT2D eigenvalue weighted by molar-refractivity contribution is -0.120. The topological polar surface area (TPSA) is 108 Å². The van der Waals surface area contributed by atoms with Gasteiger partial charge in [-0.15, -0.1) is 0 Å². The van der Waals surface area contributed by atoms with Crippen molar-refractivity contribution >= 4 is 33.1 Å². The van der Waals surface area contributed by atoms with Crippen LogP contribution in [0.4, 0.5) is 11.4 Å². The molecule has 0 spiro atoms. The Balaban J connectivity index is 1.55. The maximum absolute atomic E-state index is 13.4. The van der Waals surface area contributed by atoms with Crippen LogP contribution in [0.25, 0.3) is 0 Å².